The molecule has 0 aromatic heterocycles. The molecule has 19 atom stereocenters. The molecule has 28 nitrogen and oxygen atoms in total. The second-order valence-electron chi connectivity index (χ2n) is 15.9. The van der Waals surface area contributed by atoms with E-state index in [1.54, 1.807) is 0 Å². The fraction of sp³-hybridized carbons (Fsp3) is 0.837. The van der Waals surface area contributed by atoms with Crippen molar-refractivity contribution in [3.05, 3.63) is 0 Å². The van der Waals surface area contributed by atoms with Gasteiger partial charge in [-0.15, -0.1) is 0 Å². The molecule has 0 spiro atoms. The molecule has 0 aromatic carbocycles. The Hall–Kier alpha value is -4.27. The minimum Gasteiger partial charge on any atom is -0.467 e. The molecule has 0 bridgehead atoms. The largest absolute Gasteiger partial charge is 0.467 e. The average molecular weight is 1030 g/mol. The van der Waals surface area contributed by atoms with Crippen LogP contribution in [-0.4, -0.2) is 241 Å². The van der Waals surface area contributed by atoms with Crippen LogP contribution in [0.4, 0.5) is 0 Å². The van der Waals surface area contributed by atoms with E-state index in [0.29, 0.717) is 0 Å². The van der Waals surface area contributed by atoms with E-state index in [2.05, 4.69) is 0 Å². The first-order valence-corrected chi connectivity index (χ1v) is 21.9. The molecular formula is C43H68O28. The van der Waals surface area contributed by atoms with Gasteiger partial charge in [-0.3, -0.25) is 24.0 Å². The summed E-state index contributed by atoms with van der Waals surface area (Å²) in [5.41, 5.74) is 0. The highest BCUT2D eigenvalue weighted by Gasteiger charge is 2.58. The molecule has 71 heavy (non-hydrogen) atoms. The minimum atomic E-state index is -1.89. The summed E-state index contributed by atoms with van der Waals surface area (Å²) in [5.74, 6) is -6.17. The molecule has 0 aliphatic carbocycles. The number of rotatable bonds is 26. The molecule has 3 fully saturated rings. The van der Waals surface area contributed by atoms with Crippen molar-refractivity contribution >= 4 is 41.8 Å². The molecule has 3 saturated heterocycles. The zero-order valence-electron chi connectivity index (χ0n) is 42.1. The van der Waals surface area contributed by atoms with Crippen LogP contribution in [0.2, 0.25) is 0 Å². The van der Waals surface area contributed by atoms with E-state index in [1.165, 1.54) is 56.7 Å². The monoisotopic (exact) mass is 1030 g/mol. The van der Waals surface area contributed by atoms with E-state index in [0.717, 1.165) is 41.9 Å². The van der Waals surface area contributed by atoms with Gasteiger partial charge < -0.3 is 99.8 Å². The lowest BCUT2D eigenvalue weighted by molar-refractivity contribution is -0.363. The summed E-state index contributed by atoms with van der Waals surface area (Å²) in [7, 11) is 10.9. The molecule has 0 radical (unpaired) electrons. The number of aliphatic hydroxyl groups excluding tert-OH is 1. The third-order valence-electron chi connectivity index (χ3n) is 11.2. The van der Waals surface area contributed by atoms with Crippen LogP contribution in [0.3, 0.4) is 0 Å². The van der Waals surface area contributed by atoms with E-state index >= 15 is 0 Å². The number of carbonyl (C=O) groups is 7. The molecule has 12 unspecified atom stereocenters. The zero-order chi connectivity index (χ0) is 53.3. The van der Waals surface area contributed by atoms with Crippen LogP contribution < -0.4 is 0 Å². The standard InChI is InChI=1S/C43H68O28/c1-18(44)61-16-25-28(33(55-9)36(64-21(4)47)41(60-14)67-25)69-40(59-13)30(53-7)23(52-6)15-24(38(50)57-11)66-43-37(65-22(5)48)34(63-20(3)46)29(26(68-43)17-62-19(2)45)70-42-35(56-10)31(54-8)27(49)32(71-42)39(51)58-12/h23-37,40-43,49H,15-17H2,1-14H3/t23?,24?,25?,26?,27-,28+,29+,30?,31?,32?,33?,34?,35?,36?,37?,40-,41-,42+,43+/m0/s1. The lowest BCUT2D eigenvalue weighted by Gasteiger charge is -2.48. The van der Waals surface area contributed by atoms with Gasteiger partial charge in [-0.2, -0.15) is 0 Å². The summed E-state index contributed by atoms with van der Waals surface area (Å²) < 4.78 is 114. The number of methoxy groups -OCH3 is 9. The number of aliphatic hydroxyl groups is 1. The fourth-order valence-corrected chi connectivity index (χ4v) is 8.13. The normalized spacial score (nSPS) is 32.5. The van der Waals surface area contributed by atoms with Gasteiger partial charge in [0.2, 0.25) is 0 Å². The first-order valence-electron chi connectivity index (χ1n) is 21.9. The van der Waals surface area contributed by atoms with E-state index in [4.69, 9.17) is 94.7 Å². The summed E-state index contributed by atoms with van der Waals surface area (Å²) in [6.07, 6.45) is -28.5. The SMILES string of the molecule is COC(=O)C(CC(OC)C(OC)[C@@H](OC)O[C@@H]1C(COC(C)=O)O[C@H](OC)C(OC(C)=O)C1OC)O[C@@H]1OC(COC(C)=O)[C@@H](O[C@@H]2OC(C(=O)OC)[C@@H](O)C(OC)C2OC)C(OC(C)=O)C1OC(C)=O. The molecule has 3 rings (SSSR count). The summed E-state index contributed by atoms with van der Waals surface area (Å²) in [6.45, 7) is 4.40. The van der Waals surface area contributed by atoms with Crippen LogP contribution >= 0.6 is 0 Å². The smallest absolute Gasteiger partial charge is 0.337 e. The number of carbonyl (C=O) groups excluding carboxylic acids is 7. The van der Waals surface area contributed by atoms with Gasteiger partial charge in [-0.25, -0.2) is 9.59 Å². The maximum atomic E-state index is 13.7. The molecule has 3 aliphatic rings. The van der Waals surface area contributed by atoms with Crippen molar-refractivity contribution in [2.75, 3.05) is 77.2 Å². The van der Waals surface area contributed by atoms with Crippen LogP contribution in [0.25, 0.3) is 0 Å². The van der Waals surface area contributed by atoms with Crippen LogP contribution in [0.5, 0.6) is 0 Å². The molecule has 408 valence electrons. The quantitative estimate of drug-likeness (QED) is 0.0558. The average Bonchev–Trinajstić information content (AvgIpc) is 3.32. The number of esters is 7. The molecule has 0 amide bonds. The Kier molecular flexibility index (Phi) is 25.3. The Morgan fingerprint density at radius 3 is 1.46 bits per heavy atom. The van der Waals surface area contributed by atoms with Gasteiger partial charge in [0.25, 0.3) is 0 Å². The highest BCUT2D eigenvalue weighted by atomic mass is 16.8. The van der Waals surface area contributed by atoms with E-state index in [1.807, 2.05) is 0 Å². The first-order chi connectivity index (χ1) is 33.7. The van der Waals surface area contributed by atoms with Gasteiger partial charge in [0.1, 0.15) is 68.1 Å². The van der Waals surface area contributed by atoms with Crippen molar-refractivity contribution < 1.29 is 133 Å². The van der Waals surface area contributed by atoms with Crippen LogP contribution in [0, 0.1) is 0 Å². The van der Waals surface area contributed by atoms with E-state index < -0.39 is 172 Å². The maximum absolute atomic E-state index is 13.7. The number of hydrogen-bond acceptors (Lipinski definition) is 28. The van der Waals surface area contributed by atoms with Crippen LogP contribution in [-0.2, 0) is 128 Å². The predicted molar refractivity (Wildman–Crippen MR) is 227 cm³/mol. The fourth-order valence-electron chi connectivity index (χ4n) is 8.13. The third kappa shape index (κ3) is 16.4. The van der Waals surface area contributed by atoms with Crippen molar-refractivity contribution in [2.24, 2.45) is 0 Å². The zero-order valence-corrected chi connectivity index (χ0v) is 42.1. The molecule has 0 saturated carbocycles. The molecule has 28 heteroatoms. The summed E-state index contributed by atoms with van der Waals surface area (Å²) in [6, 6.07) is 0. The molecule has 0 aromatic rings. The molecule has 1 N–H and O–H groups in total. The molecule has 3 aliphatic heterocycles. The highest BCUT2D eigenvalue weighted by molar-refractivity contribution is 5.76. The van der Waals surface area contributed by atoms with Crippen molar-refractivity contribution in [1.82, 2.24) is 0 Å². The second kappa shape index (κ2) is 29.4. The number of ether oxygens (including phenoxy) is 20. The lowest BCUT2D eigenvalue weighted by Crippen LogP contribution is -2.67. The molecular weight excluding hydrogens is 964 g/mol. The highest BCUT2D eigenvalue weighted by Crippen LogP contribution is 2.36. The Morgan fingerprint density at radius 1 is 0.493 bits per heavy atom. The summed E-state index contributed by atoms with van der Waals surface area (Å²) in [4.78, 5) is 88.6. The van der Waals surface area contributed by atoms with Gasteiger partial charge >= 0.3 is 41.8 Å². The van der Waals surface area contributed by atoms with Crippen molar-refractivity contribution in [3.63, 3.8) is 0 Å². The summed E-state index contributed by atoms with van der Waals surface area (Å²) in [5, 5.41) is 11.0. The minimum absolute atomic E-state index is 0.387. The lowest BCUT2D eigenvalue weighted by atomic mass is 9.96. The first kappa shape index (κ1) is 61.0. The van der Waals surface area contributed by atoms with Crippen molar-refractivity contribution in [1.29, 1.82) is 0 Å². The van der Waals surface area contributed by atoms with Gasteiger partial charge in [-0.1, -0.05) is 0 Å². The van der Waals surface area contributed by atoms with E-state index in [9.17, 15) is 38.7 Å². The Bertz CT molecular complexity index is 1730. The molecule has 3 heterocycles. The Labute approximate surface area is 409 Å². The van der Waals surface area contributed by atoms with Gasteiger partial charge in [0.05, 0.1) is 20.3 Å². The van der Waals surface area contributed by atoms with Crippen molar-refractivity contribution in [2.45, 2.75) is 158 Å². The van der Waals surface area contributed by atoms with Gasteiger partial charge in [-0.05, 0) is 0 Å². The van der Waals surface area contributed by atoms with Crippen LogP contribution in [0.15, 0.2) is 0 Å². The maximum Gasteiger partial charge on any atom is 0.337 e. The Morgan fingerprint density at radius 2 is 1.01 bits per heavy atom. The summed E-state index contributed by atoms with van der Waals surface area (Å²) >= 11 is 0. The number of hydrogen-bond donors (Lipinski definition) is 1. The second-order valence-corrected chi connectivity index (χ2v) is 15.9. The van der Waals surface area contributed by atoms with Gasteiger partial charge in [0, 0.05) is 90.8 Å². The third-order valence-corrected chi connectivity index (χ3v) is 11.2. The predicted octanol–water partition coefficient (Wildman–Crippen LogP) is -1.97. The van der Waals surface area contributed by atoms with Gasteiger partial charge in [0.15, 0.2) is 55.7 Å². The van der Waals surface area contributed by atoms with Crippen LogP contribution in [0.1, 0.15) is 41.0 Å². The van der Waals surface area contributed by atoms with Crippen molar-refractivity contribution in [3.8, 4) is 0 Å². The van der Waals surface area contributed by atoms with E-state index in [-0.39, 0.29) is 6.61 Å². The topological polar surface area (TPSA) is 324 Å². The Balaban J connectivity index is 2.10.